The van der Waals surface area contributed by atoms with E-state index >= 15 is 0 Å². The van der Waals surface area contributed by atoms with E-state index in [4.69, 9.17) is 0 Å². The minimum absolute atomic E-state index is 0.0713. The second kappa shape index (κ2) is 5.21. The van der Waals surface area contributed by atoms with Gasteiger partial charge >= 0.3 is 6.03 Å². The fourth-order valence-corrected chi connectivity index (χ4v) is 3.08. The van der Waals surface area contributed by atoms with Gasteiger partial charge in [-0.2, -0.15) is 0 Å². The third-order valence-corrected chi connectivity index (χ3v) is 4.15. The molecule has 2 unspecified atom stereocenters. The van der Waals surface area contributed by atoms with Crippen molar-refractivity contribution < 1.29 is 4.79 Å². The molecule has 2 amide bonds. The van der Waals surface area contributed by atoms with Gasteiger partial charge in [-0.1, -0.05) is 24.3 Å². The minimum atomic E-state index is 0.0713. The van der Waals surface area contributed by atoms with Gasteiger partial charge in [0.1, 0.15) is 0 Å². The van der Waals surface area contributed by atoms with Crippen LogP contribution in [0.5, 0.6) is 0 Å². The van der Waals surface area contributed by atoms with Crippen LogP contribution in [-0.4, -0.2) is 36.6 Å². The number of nitrogens with one attached hydrogen (secondary N) is 2. The van der Waals surface area contributed by atoms with Crippen molar-refractivity contribution in [3.05, 3.63) is 35.4 Å². The quantitative estimate of drug-likeness (QED) is 0.869. The van der Waals surface area contributed by atoms with E-state index in [2.05, 4.69) is 29.7 Å². The number of amides is 2. The molecule has 2 aliphatic rings. The van der Waals surface area contributed by atoms with Gasteiger partial charge in [0, 0.05) is 19.1 Å². The molecule has 1 aromatic carbocycles. The molecule has 0 spiro atoms. The van der Waals surface area contributed by atoms with Crippen LogP contribution in [0.3, 0.4) is 0 Å². The Labute approximate surface area is 114 Å². The Morgan fingerprint density at radius 3 is 2.95 bits per heavy atom. The lowest BCUT2D eigenvalue weighted by Gasteiger charge is -2.19. The SMILES string of the molecule is Cc1ccccc1C1CN(CC2CCCN2)C(=O)N1. The Bertz CT molecular complexity index is 468. The highest BCUT2D eigenvalue weighted by Crippen LogP contribution is 2.23. The van der Waals surface area contributed by atoms with Crippen molar-refractivity contribution in [2.75, 3.05) is 19.6 Å². The Morgan fingerprint density at radius 1 is 1.37 bits per heavy atom. The zero-order valence-electron chi connectivity index (χ0n) is 11.4. The summed E-state index contributed by atoms with van der Waals surface area (Å²) in [5.41, 5.74) is 2.48. The maximum Gasteiger partial charge on any atom is 0.318 e. The van der Waals surface area contributed by atoms with Crippen molar-refractivity contribution in [1.29, 1.82) is 0 Å². The molecule has 1 aromatic rings. The summed E-state index contributed by atoms with van der Waals surface area (Å²) in [5, 5.41) is 6.54. The summed E-state index contributed by atoms with van der Waals surface area (Å²) in [6, 6.07) is 8.96. The van der Waals surface area contributed by atoms with Crippen LogP contribution >= 0.6 is 0 Å². The van der Waals surface area contributed by atoms with E-state index in [1.54, 1.807) is 0 Å². The summed E-state index contributed by atoms with van der Waals surface area (Å²) < 4.78 is 0. The summed E-state index contributed by atoms with van der Waals surface area (Å²) in [6.45, 7) is 4.79. The molecule has 0 aliphatic carbocycles. The smallest absolute Gasteiger partial charge is 0.318 e. The predicted octanol–water partition coefficient (Wildman–Crippen LogP) is 1.81. The van der Waals surface area contributed by atoms with E-state index in [0.29, 0.717) is 6.04 Å². The maximum atomic E-state index is 12.0. The number of carbonyl (C=O) groups is 1. The van der Waals surface area contributed by atoms with E-state index in [0.717, 1.165) is 19.6 Å². The molecule has 0 bridgehead atoms. The van der Waals surface area contributed by atoms with Gasteiger partial charge in [-0.15, -0.1) is 0 Å². The van der Waals surface area contributed by atoms with E-state index in [9.17, 15) is 4.79 Å². The fraction of sp³-hybridized carbons (Fsp3) is 0.533. The molecule has 2 N–H and O–H groups in total. The number of urea groups is 1. The molecule has 0 saturated carbocycles. The zero-order valence-corrected chi connectivity index (χ0v) is 11.4. The Balaban J connectivity index is 1.67. The molecule has 2 saturated heterocycles. The highest BCUT2D eigenvalue weighted by atomic mass is 16.2. The molecular formula is C15H21N3O. The van der Waals surface area contributed by atoms with Crippen LogP contribution in [0, 0.1) is 6.92 Å². The van der Waals surface area contributed by atoms with Crippen LogP contribution in [0.25, 0.3) is 0 Å². The summed E-state index contributed by atoms with van der Waals surface area (Å²) in [7, 11) is 0. The monoisotopic (exact) mass is 259 g/mol. The maximum absolute atomic E-state index is 12.0. The zero-order chi connectivity index (χ0) is 13.2. The summed E-state index contributed by atoms with van der Waals surface area (Å²) >= 11 is 0. The molecule has 0 aromatic heterocycles. The largest absolute Gasteiger partial charge is 0.329 e. The van der Waals surface area contributed by atoms with Crippen molar-refractivity contribution in [3.8, 4) is 0 Å². The molecule has 2 heterocycles. The highest BCUT2D eigenvalue weighted by Gasteiger charge is 2.32. The number of nitrogens with zero attached hydrogens (tertiary/aromatic N) is 1. The third kappa shape index (κ3) is 2.59. The number of aryl methyl sites for hydroxylation is 1. The Hall–Kier alpha value is -1.55. The van der Waals surface area contributed by atoms with Crippen molar-refractivity contribution in [3.63, 3.8) is 0 Å². The van der Waals surface area contributed by atoms with Gasteiger partial charge in [-0.05, 0) is 37.4 Å². The molecule has 19 heavy (non-hydrogen) atoms. The van der Waals surface area contributed by atoms with Crippen LogP contribution in [0.2, 0.25) is 0 Å². The number of rotatable bonds is 3. The van der Waals surface area contributed by atoms with E-state index in [1.807, 2.05) is 17.0 Å². The molecule has 0 radical (unpaired) electrons. The molecule has 2 atom stereocenters. The average molecular weight is 259 g/mol. The first kappa shape index (κ1) is 12.5. The van der Waals surface area contributed by atoms with E-state index in [1.165, 1.54) is 24.0 Å². The summed E-state index contributed by atoms with van der Waals surface area (Å²) in [5.74, 6) is 0. The predicted molar refractivity (Wildman–Crippen MR) is 75.0 cm³/mol. The molecule has 3 rings (SSSR count). The van der Waals surface area contributed by atoms with Crippen molar-refractivity contribution in [1.82, 2.24) is 15.5 Å². The Morgan fingerprint density at radius 2 is 2.21 bits per heavy atom. The lowest BCUT2D eigenvalue weighted by molar-refractivity contribution is 0.213. The molecule has 4 nitrogen and oxygen atoms in total. The number of benzene rings is 1. The average Bonchev–Trinajstić information content (AvgIpc) is 3.02. The van der Waals surface area contributed by atoms with Crippen molar-refractivity contribution in [2.24, 2.45) is 0 Å². The molecule has 102 valence electrons. The van der Waals surface area contributed by atoms with E-state index < -0.39 is 0 Å². The van der Waals surface area contributed by atoms with Crippen LogP contribution in [-0.2, 0) is 0 Å². The first-order valence-corrected chi connectivity index (χ1v) is 7.08. The second-order valence-electron chi connectivity index (χ2n) is 5.56. The molecular weight excluding hydrogens is 238 g/mol. The van der Waals surface area contributed by atoms with Gasteiger partial charge < -0.3 is 15.5 Å². The van der Waals surface area contributed by atoms with Gasteiger partial charge in [0.25, 0.3) is 0 Å². The van der Waals surface area contributed by atoms with Gasteiger partial charge in [0.15, 0.2) is 0 Å². The van der Waals surface area contributed by atoms with Crippen LogP contribution in [0.15, 0.2) is 24.3 Å². The topological polar surface area (TPSA) is 44.4 Å². The lowest BCUT2D eigenvalue weighted by atomic mass is 10.0. The van der Waals surface area contributed by atoms with Gasteiger partial charge in [0.2, 0.25) is 0 Å². The van der Waals surface area contributed by atoms with Crippen LogP contribution in [0.4, 0.5) is 4.79 Å². The lowest BCUT2D eigenvalue weighted by Crippen LogP contribution is -2.39. The van der Waals surface area contributed by atoms with E-state index in [-0.39, 0.29) is 12.1 Å². The van der Waals surface area contributed by atoms with Gasteiger partial charge in [-0.3, -0.25) is 0 Å². The van der Waals surface area contributed by atoms with Crippen LogP contribution in [0.1, 0.15) is 30.0 Å². The number of carbonyl (C=O) groups excluding carboxylic acids is 1. The van der Waals surface area contributed by atoms with Crippen molar-refractivity contribution in [2.45, 2.75) is 31.8 Å². The molecule has 2 fully saturated rings. The highest BCUT2D eigenvalue weighted by molar-refractivity contribution is 5.77. The van der Waals surface area contributed by atoms with Gasteiger partial charge in [0.05, 0.1) is 6.04 Å². The molecule has 2 aliphatic heterocycles. The first-order valence-electron chi connectivity index (χ1n) is 7.08. The Kier molecular flexibility index (Phi) is 3.42. The summed E-state index contributed by atoms with van der Waals surface area (Å²) in [4.78, 5) is 14.0. The van der Waals surface area contributed by atoms with Crippen LogP contribution < -0.4 is 10.6 Å². The second-order valence-corrected chi connectivity index (χ2v) is 5.56. The summed E-state index contributed by atoms with van der Waals surface area (Å²) in [6.07, 6.45) is 2.40. The minimum Gasteiger partial charge on any atom is -0.329 e. The normalized spacial score (nSPS) is 26.8. The third-order valence-electron chi connectivity index (χ3n) is 4.15. The number of hydrogen-bond acceptors (Lipinski definition) is 2. The fourth-order valence-electron chi connectivity index (χ4n) is 3.08. The first-order chi connectivity index (χ1) is 9.24. The van der Waals surface area contributed by atoms with Gasteiger partial charge in [-0.25, -0.2) is 4.79 Å². The standard InChI is InChI=1S/C15H21N3O/c1-11-5-2-3-7-13(11)14-10-18(15(19)17-14)9-12-6-4-8-16-12/h2-3,5,7,12,14,16H,4,6,8-10H2,1H3,(H,17,19). The number of hydrogen-bond donors (Lipinski definition) is 2. The van der Waals surface area contributed by atoms with Crippen molar-refractivity contribution >= 4 is 6.03 Å². The molecule has 4 heteroatoms.